The molecular formula is C12H13N3O. The number of fused-ring (bicyclic) bond motifs is 1. The van der Waals surface area contributed by atoms with Crippen LogP contribution in [0.25, 0.3) is 0 Å². The molecule has 1 aromatic carbocycles. The Hall–Kier alpha value is -2.02. The van der Waals surface area contributed by atoms with Crippen molar-refractivity contribution in [3.63, 3.8) is 0 Å². The van der Waals surface area contributed by atoms with Gasteiger partial charge in [0.05, 0.1) is 12.5 Å². The van der Waals surface area contributed by atoms with E-state index in [-0.39, 0.29) is 5.91 Å². The second-order valence-electron chi connectivity index (χ2n) is 3.87. The molecule has 0 atom stereocenters. The summed E-state index contributed by atoms with van der Waals surface area (Å²) < 4.78 is 0. The number of benzene rings is 1. The SMILES string of the molecule is N#CCCCN1C(=O)Cc2cc(N)ccc21. The highest BCUT2D eigenvalue weighted by Gasteiger charge is 2.26. The summed E-state index contributed by atoms with van der Waals surface area (Å²) in [6, 6.07) is 7.60. The molecule has 0 spiro atoms. The van der Waals surface area contributed by atoms with Gasteiger partial charge in [-0.25, -0.2) is 0 Å². The third kappa shape index (κ3) is 1.84. The van der Waals surface area contributed by atoms with Crippen LogP contribution < -0.4 is 10.6 Å². The van der Waals surface area contributed by atoms with E-state index in [1.54, 1.807) is 11.0 Å². The minimum atomic E-state index is 0.0959. The van der Waals surface area contributed by atoms with Gasteiger partial charge in [-0.1, -0.05) is 0 Å². The third-order valence-corrected chi connectivity index (χ3v) is 2.71. The lowest BCUT2D eigenvalue weighted by molar-refractivity contribution is -0.117. The van der Waals surface area contributed by atoms with Crippen molar-refractivity contribution in [2.75, 3.05) is 17.2 Å². The lowest BCUT2D eigenvalue weighted by Crippen LogP contribution is -2.27. The number of carbonyl (C=O) groups is 1. The number of hydrogen-bond donors (Lipinski definition) is 1. The number of anilines is 2. The first-order chi connectivity index (χ1) is 7.72. The predicted octanol–water partition coefficient (Wildman–Crippen LogP) is 1.46. The van der Waals surface area contributed by atoms with Gasteiger partial charge in [0.15, 0.2) is 0 Å². The highest BCUT2D eigenvalue weighted by molar-refractivity contribution is 6.01. The Morgan fingerprint density at radius 2 is 2.31 bits per heavy atom. The first-order valence-corrected chi connectivity index (χ1v) is 5.28. The number of nitrogens with two attached hydrogens (primary N) is 1. The average Bonchev–Trinajstić information content (AvgIpc) is 2.55. The third-order valence-electron chi connectivity index (χ3n) is 2.71. The van der Waals surface area contributed by atoms with Crippen LogP contribution in [0.1, 0.15) is 18.4 Å². The van der Waals surface area contributed by atoms with Crippen molar-refractivity contribution < 1.29 is 4.79 Å². The molecule has 0 radical (unpaired) electrons. The van der Waals surface area contributed by atoms with Gasteiger partial charge in [0.25, 0.3) is 0 Å². The van der Waals surface area contributed by atoms with Crippen molar-refractivity contribution in [3.8, 4) is 6.07 Å². The van der Waals surface area contributed by atoms with Crippen molar-refractivity contribution in [1.29, 1.82) is 5.26 Å². The first-order valence-electron chi connectivity index (χ1n) is 5.28. The fourth-order valence-electron chi connectivity index (χ4n) is 1.96. The molecule has 2 rings (SSSR count). The number of carbonyl (C=O) groups excluding carboxylic acids is 1. The average molecular weight is 215 g/mol. The number of nitrogens with zero attached hydrogens (tertiary/aromatic N) is 2. The molecule has 0 aromatic heterocycles. The summed E-state index contributed by atoms with van der Waals surface area (Å²) in [5.74, 6) is 0.0959. The molecule has 0 fully saturated rings. The maximum absolute atomic E-state index is 11.7. The van der Waals surface area contributed by atoms with Crippen LogP contribution in [0, 0.1) is 11.3 Å². The van der Waals surface area contributed by atoms with Gasteiger partial charge in [-0.2, -0.15) is 5.26 Å². The van der Waals surface area contributed by atoms with E-state index in [1.165, 1.54) is 0 Å². The molecular weight excluding hydrogens is 202 g/mol. The van der Waals surface area contributed by atoms with E-state index in [1.807, 2.05) is 12.1 Å². The largest absolute Gasteiger partial charge is 0.399 e. The quantitative estimate of drug-likeness (QED) is 0.613. The highest BCUT2D eigenvalue weighted by Crippen LogP contribution is 2.30. The smallest absolute Gasteiger partial charge is 0.231 e. The molecule has 82 valence electrons. The van der Waals surface area contributed by atoms with Crippen molar-refractivity contribution in [1.82, 2.24) is 0 Å². The molecule has 4 nitrogen and oxygen atoms in total. The molecule has 0 unspecified atom stereocenters. The monoisotopic (exact) mass is 215 g/mol. The molecule has 16 heavy (non-hydrogen) atoms. The second kappa shape index (κ2) is 4.23. The van der Waals surface area contributed by atoms with E-state index in [2.05, 4.69) is 6.07 Å². The predicted molar refractivity (Wildman–Crippen MR) is 61.8 cm³/mol. The summed E-state index contributed by atoms with van der Waals surface area (Å²) in [5.41, 5.74) is 8.29. The Morgan fingerprint density at radius 3 is 3.06 bits per heavy atom. The van der Waals surface area contributed by atoms with Crippen LogP contribution in [0.15, 0.2) is 18.2 Å². The molecule has 1 amide bonds. The molecule has 1 aliphatic heterocycles. The molecule has 0 bridgehead atoms. The maximum atomic E-state index is 11.7. The van der Waals surface area contributed by atoms with Crippen LogP contribution in [-0.2, 0) is 11.2 Å². The topological polar surface area (TPSA) is 70.1 Å². The Balaban J connectivity index is 2.17. The van der Waals surface area contributed by atoms with Gasteiger partial charge in [-0.15, -0.1) is 0 Å². The highest BCUT2D eigenvalue weighted by atomic mass is 16.2. The van der Waals surface area contributed by atoms with Crippen LogP contribution in [0.4, 0.5) is 11.4 Å². The van der Waals surface area contributed by atoms with Crippen molar-refractivity contribution in [2.45, 2.75) is 19.3 Å². The summed E-state index contributed by atoms with van der Waals surface area (Å²) in [6.07, 6.45) is 1.62. The fraction of sp³-hybridized carbons (Fsp3) is 0.333. The minimum Gasteiger partial charge on any atom is -0.399 e. The summed E-state index contributed by atoms with van der Waals surface area (Å²) in [4.78, 5) is 13.5. The number of rotatable bonds is 3. The van der Waals surface area contributed by atoms with Crippen LogP contribution in [-0.4, -0.2) is 12.5 Å². The number of nitrogen functional groups attached to an aromatic ring is 1. The number of amides is 1. The van der Waals surface area contributed by atoms with Gasteiger partial charge >= 0.3 is 0 Å². The van der Waals surface area contributed by atoms with Crippen LogP contribution in [0.5, 0.6) is 0 Å². The summed E-state index contributed by atoms with van der Waals surface area (Å²) in [6.45, 7) is 0.614. The lowest BCUT2D eigenvalue weighted by Gasteiger charge is -2.16. The fourth-order valence-corrected chi connectivity index (χ4v) is 1.96. The molecule has 1 heterocycles. The van der Waals surface area contributed by atoms with Crippen molar-refractivity contribution in [2.24, 2.45) is 0 Å². The van der Waals surface area contributed by atoms with E-state index in [9.17, 15) is 4.79 Å². The Bertz CT molecular complexity index is 462. The van der Waals surface area contributed by atoms with Gasteiger partial charge in [0, 0.05) is 24.3 Å². The summed E-state index contributed by atoms with van der Waals surface area (Å²) in [5, 5.41) is 8.47. The molecule has 4 heteroatoms. The zero-order valence-electron chi connectivity index (χ0n) is 8.94. The minimum absolute atomic E-state index is 0.0959. The van der Waals surface area contributed by atoms with Crippen molar-refractivity contribution in [3.05, 3.63) is 23.8 Å². The molecule has 0 saturated heterocycles. The Kier molecular flexibility index (Phi) is 2.78. The first kappa shape index (κ1) is 10.5. The Labute approximate surface area is 94.3 Å². The summed E-state index contributed by atoms with van der Waals surface area (Å²) >= 11 is 0. The van der Waals surface area contributed by atoms with Gasteiger partial charge < -0.3 is 10.6 Å². The number of hydrogen-bond acceptors (Lipinski definition) is 3. The van der Waals surface area contributed by atoms with E-state index in [0.717, 1.165) is 11.3 Å². The van der Waals surface area contributed by atoms with Crippen LogP contribution in [0.3, 0.4) is 0 Å². The van der Waals surface area contributed by atoms with Crippen LogP contribution >= 0.6 is 0 Å². The van der Waals surface area contributed by atoms with E-state index >= 15 is 0 Å². The molecule has 1 aliphatic rings. The van der Waals surface area contributed by atoms with Gasteiger partial charge in [-0.3, -0.25) is 4.79 Å². The second-order valence-corrected chi connectivity index (χ2v) is 3.87. The molecule has 0 aliphatic carbocycles. The van der Waals surface area contributed by atoms with E-state index < -0.39 is 0 Å². The number of unbranched alkanes of at least 4 members (excludes halogenated alkanes) is 1. The molecule has 2 N–H and O–H groups in total. The normalized spacial score (nSPS) is 13.7. The van der Waals surface area contributed by atoms with Crippen molar-refractivity contribution >= 4 is 17.3 Å². The van der Waals surface area contributed by atoms with Crippen LogP contribution in [0.2, 0.25) is 0 Å². The van der Waals surface area contributed by atoms with Gasteiger partial charge in [0.2, 0.25) is 5.91 Å². The molecule has 1 aromatic rings. The Morgan fingerprint density at radius 1 is 1.50 bits per heavy atom. The molecule has 0 saturated carbocycles. The summed E-state index contributed by atoms with van der Waals surface area (Å²) in [7, 11) is 0. The maximum Gasteiger partial charge on any atom is 0.231 e. The number of nitriles is 1. The van der Waals surface area contributed by atoms with E-state index in [4.69, 9.17) is 11.0 Å². The standard InChI is InChI=1S/C12H13N3O/c13-5-1-2-6-15-11-4-3-10(14)7-9(11)8-12(15)16/h3-4,7H,1-2,6,8,14H2. The van der Waals surface area contributed by atoms with E-state index in [0.29, 0.717) is 31.5 Å². The van der Waals surface area contributed by atoms with Gasteiger partial charge in [-0.05, 0) is 30.2 Å². The lowest BCUT2D eigenvalue weighted by atomic mass is 10.1. The van der Waals surface area contributed by atoms with Gasteiger partial charge in [0.1, 0.15) is 0 Å². The zero-order valence-corrected chi connectivity index (χ0v) is 8.94. The zero-order chi connectivity index (χ0) is 11.5.